The molecule has 5 nitrogen and oxygen atoms in total. The van der Waals surface area contributed by atoms with Crippen LogP contribution in [-0.2, 0) is 16.0 Å². The zero-order valence-electron chi connectivity index (χ0n) is 14.6. The summed E-state index contributed by atoms with van der Waals surface area (Å²) in [5.74, 6) is -0.502. The van der Waals surface area contributed by atoms with Crippen molar-refractivity contribution in [2.24, 2.45) is 0 Å². The summed E-state index contributed by atoms with van der Waals surface area (Å²) in [7, 11) is 0. The average molecular weight is 455 g/mol. The van der Waals surface area contributed by atoms with E-state index in [9.17, 15) is 14.4 Å². The van der Waals surface area contributed by atoms with Crippen LogP contribution in [0.3, 0.4) is 0 Å². The van der Waals surface area contributed by atoms with Crippen LogP contribution in [-0.4, -0.2) is 35.0 Å². The maximum absolute atomic E-state index is 12.5. The Bertz CT molecular complexity index is 929. The second kappa shape index (κ2) is 9.60. The van der Waals surface area contributed by atoms with Gasteiger partial charge in [-0.15, -0.1) is 11.3 Å². The highest BCUT2D eigenvalue weighted by atomic mass is 35.5. The van der Waals surface area contributed by atoms with Gasteiger partial charge in [-0.1, -0.05) is 35.3 Å². The van der Waals surface area contributed by atoms with Crippen LogP contribution in [0.2, 0.25) is 10.0 Å². The minimum atomic E-state index is -0.395. The van der Waals surface area contributed by atoms with Crippen molar-refractivity contribution in [3.63, 3.8) is 0 Å². The SMILES string of the molecule is O=C(CCc1cccs1)NCCN1C(=O)S/C(=C\c2ccc(Cl)cc2Cl)C1=O. The number of hydrogen-bond donors (Lipinski definition) is 1. The lowest BCUT2D eigenvalue weighted by Gasteiger charge is -2.13. The predicted molar refractivity (Wildman–Crippen MR) is 115 cm³/mol. The van der Waals surface area contributed by atoms with Crippen molar-refractivity contribution in [3.8, 4) is 0 Å². The van der Waals surface area contributed by atoms with Crippen LogP contribution < -0.4 is 5.32 Å². The molecule has 0 saturated carbocycles. The zero-order valence-corrected chi connectivity index (χ0v) is 17.8. The van der Waals surface area contributed by atoms with Crippen molar-refractivity contribution in [3.05, 3.63) is 61.1 Å². The van der Waals surface area contributed by atoms with E-state index in [-0.39, 0.29) is 24.2 Å². The maximum Gasteiger partial charge on any atom is 0.293 e. The molecule has 0 atom stereocenters. The van der Waals surface area contributed by atoms with Gasteiger partial charge in [0.1, 0.15) is 0 Å². The molecule has 9 heteroatoms. The fourth-order valence-electron chi connectivity index (χ4n) is 2.54. The number of hydrogen-bond acceptors (Lipinski definition) is 5. The van der Waals surface area contributed by atoms with Crippen LogP contribution in [0.4, 0.5) is 4.79 Å². The number of benzene rings is 1. The molecule has 2 aromatic rings. The van der Waals surface area contributed by atoms with Gasteiger partial charge in [-0.25, -0.2) is 0 Å². The summed E-state index contributed by atoms with van der Waals surface area (Å²) in [5, 5.41) is 5.24. The molecular weight excluding hydrogens is 439 g/mol. The first-order valence-corrected chi connectivity index (χ1v) is 10.9. The summed E-state index contributed by atoms with van der Waals surface area (Å²) in [4.78, 5) is 39.1. The Balaban J connectivity index is 1.52. The molecular formula is C19H16Cl2N2O3S2. The number of carbonyl (C=O) groups excluding carboxylic acids is 3. The molecule has 1 N–H and O–H groups in total. The van der Waals surface area contributed by atoms with Gasteiger partial charge >= 0.3 is 0 Å². The van der Waals surface area contributed by atoms with Crippen molar-refractivity contribution in [2.75, 3.05) is 13.1 Å². The Morgan fingerprint density at radius 3 is 2.75 bits per heavy atom. The fourth-order valence-corrected chi connectivity index (χ4v) is 4.57. The van der Waals surface area contributed by atoms with Gasteiger partial charge in [0, 0.05) is 34.4 Å². The summed E-state index contributed by atoms with van der Waals surface area (Å²) >= 11 is 14.4. The number of rotatable bonds is 7. The van der Waals surface area contributed by atoms with Crippen molar-refractivity contribution in [1.29, 1.82) is 0 Å². The number of amides is 3. The van der Waals surface area contributed by atoms with Gasteiger partial charge in [0.05, 0.1) is 4.91 Å². The molecule has 1 aromatic carbocycles. The first-order valence-electron chi connectivity index (χ1n) is 8.43. The number of imide groups is 1. The lowest BCUT2D eigenvalue weighted by molar-refractivity contribution is -0.124. The number of nitrogens with zero attached hydrogens (tertiary/aromatic N) is 1. The van der Waals surface area contributed by atoms with E-state index in [1.165, 1.54) is 0 Å². The highest BCUT2D eigenvalue weighted by Gasteiger charge is 2.34. The summed E-state index contributed by atoms with van der Waals surface area (Å²) in [5.41, 5.74) is 0.610. The molecule has 3 rings (SSSR count). The molecule has 1 saturated heterocycles. The van der Waals surface area contributed by atoms with Gasteiger partial charge < -0.3 is 5.32 Å². The number of thioether (sulfide) groups is 1. The van der Waals surface area contributed by atoms with Crippen molar-refractivity contribution in [1.82, 2.24) is 10.2 Å². The highest BCUT2D eigenvalue weighted by molar-refractivity contribution is 8.18. The first kappa shape index (κ1) is 20.9. The molecule has 1 fully saturated rings. The van der Waals surface area contributed by atoms with Crippen LogP contribution in [0.5, 0.6) is 0 Å². The molecule has 0 radical (unpaired) electrons. The van der Waals surface area contributed by atoms with Gasteiger partial charge in [0.2, 0.25) is 5.91 Å². The van der Waals surface area contributed by atoms with E-state index in [0.29, 0.717) is 33.4 Å². The Morgan fingerprint density at radius 2 is 2.04 bits per heavy atom. The lowest BCUT2D eigenvalue weighted by atomic mass is 10.2. The molecule has 28 heavy (non-hydrogen) atoms. The van der Waals surface area contributed by atoms with Gasteiger partial charge in [-0.2, -0.15) is 0 Å². The van der Waals surface area contributed by atoms with Gasteiger partial charge in [0.15, 0.2) is 0 Å². The first-order chi connectivity index (χ1) is 13.4. The number of halogens is 2. The van der Waals surface area contributed by atoms with Crippen LogP contribution in [0.15, 0.2) is 40.6 Å². The molecule has 0 spiro atoms. The van der Waals surface area contributed by atoms with Crippen LogP contribution >= 0.6 is 46.3 Å². The third-order valence-corrected chi connectivity index (χ3v) is 6.36. The molecule has 0 bridgehead atoms. The lowest BCUT2D eigenvalue weighted by Crippen LogP contribution is -2.37. The van der Waals surface area contributed by atoms with Gasteiger partial charge in [0.25, 0.3) is 11.1 Å². The summed E-state index contributed by atoms with van der Waals surface area (Å²) in [6.07, 6.45) is 2.62. The van der Waals surface area contributed by atoms with Gasteiger partial charge in [-0.05, 0) is 53.4 Å². The molecule has 3 amide bonds. The highest BCUT2D eigenvalue weighted by Crippen LogP contribution is 2.33. The van der Waals surface area contributed by atoms with Crippen LogP contribution in [0, 0.1) is 0 Å². The van der Waals surface area contributed by atoms with Crippen LogP contribution in [0.25, 0.3) is 6.08 Å². The summed E-state index contributed by atoms with van der Waals surface area (Å²) < 4.78 is 0. The molecule has 2 heterocycles. The van der Waals surface area contributed by atoms with Crippen molar-refractivity contribution >= 4 is 69.4 Å². The predicted octanol–water partition coefficient (Wildman–Crippen LogP) is 4.84. The zero-order chi connectivity index (χ0) is 20.1. The number of carbonyl (C=O) groups is 3. The van der Waals surface area contributed by atoms with E-state index in [1.54, 1.807) is 35.6 Å². The largest absolute Gasteiger partial charge is 0.354 e. The molecule has 1 aliphatic heterocycles. The second-order valence-electron chi connectivity index (χ2n) is 5.93. The van der Waals surface area contributed by atoms with Crippen molar-refractivity contribution < 1.29 is 14.4 Å². The van der Waals surface area contributed by atoms with E-state index in [4.69, 9.17) is 23.2 Å². The van der Waals surface area contributed by atoms with Gasteiger partial charge in [-0.3, -0.25) is 19.3 Å². The monoisotopic (exact) mass is 454 g/mol. The Morgan fingerprint density at radius 1 is 1.21 bits per heavy atom. The minimum absolute atomic E-state index is 0.108. The second-order valence-corrected chi connectivity index (χ2v) is 8.80. The summed E-state index contributed by atoms with van der Waals surface area (Å²) in [6.45, 7) is 0.345. The number of aryl methyl sites for hydroxylation is 1. The van der Waals surface area contributed by atoms with Crippen LogP contribution in [0.1, 0.15) is 16.9 Å². The number of nitrogens with one attached hydrogen (secondary N) is 1. The Kier molecular flexibility index (Phi) is 7.18. The topological polar surface area (TPSA) is 66.5 Å². The number of thiophene rings is 1. The van der Waals surface area contributed by atoms with E-state index in [1.807, 2.05) is 17.5 Å². The molecule has 0 aliphatic carbocycles. The Hall–Kier alpha value is -1.80. The van der Waals surface area contributed by atoms with E-state index >= 15 is 0 Å². The summed E-state index contributed by atoms with van der Waals surface area (Å²) in [6, 6.07) is 8.85. The smallest absolute Gasteiger partial charge is 0.293 e. The molecule has 1 aromatic heterocycles. The van der Waals surface area contributed by atoms with E-state index < -0.39 is 5.91 Å². The normalized spacial score (nSPS) is 15.5. The molecule has 146 valence electrons. The maximum atomic E-state index is 12.5. The Labute approximate surface area is 180 Å². The molecule has 1 aliphatic rings. The minimum Gasteiger partial charge on any atom is -0.354 e. The molecule has 0 unspecified atom stereocenters. The quantitative estimate of drug-likeness (QED) is 0.607. The fraction of sp³-hybridized carbons (Fsp3) is 0.211. The van der Waals surface area contributed by atoms with E-state index in [0.717, 1.165) is 21.5 Å². The average Bonchev–Trinajstić information content (AvgIpc) is 3.26. The third-order valence-electron chi connectivity index (χ3n) is 3.96. The third kappa shape index (κ3) is 5.38. The van der Waals surface area contributed by atoms with E-state index in [2.05, 4.69) is 5.32 Å². The standard InChI is InChI=1S/C19H16Cl2N2O3S2/c20-13-4-3-12(15(21)11-13)10-16-18(25)23(19(26)28-16)8-7-22-17(24)6-5-14-2-1-9-27-14/h1-4,9-11H,5-8H2,(H,22,24)/b16-10-. The van der Waals surface area contributed by atoms with Crippen molar-refractivity contribution in [2.45, 2.75) is 12.8 Å².